The van der Waals surface area contributed by atoms with E-state index >= 15 is 0 Å². The smallest absolute Gasteiger partial charge is 0.263 e. The zero-order valence-corrected chi connectivity index (χ0v) is 12.6. The van der Waals surface area contributed by atoms with Crippen LogP contribution in [0, 0.1) is 0 Å². The molecular formula is C19H13NOS. The van der Waals surface area contributed by atoms with E-state index < -0.39 is 0 Å². The summed E-state index contributed by atoms with van der Waals surface area (Å²) in [6.45, 7) is 0. The van der Waals surface area contributed by atoms with Gasteiger partial charge in [-0.25, -0.2) is 0 Å². The number of amides is 1. The van der Waals surface area contributed by atoms with E-state index in [-0.39, 0.29) is 5.91 Å². The molecule has 1 aliphatic rings. The summed E-state index contributed by atoms with van der Waals surface area (Å²) in [4.78, 5) is 15.8. The van der Waals surface area contributed by atoms with Gasteiger partial charge >= 0.3 is 0 Å². The van der Waals surface area contributed by atoms with Crippen LogP contribution in [-0.4, -0.2) is 5.91 Å². The molecule has 4 rings (SSSR count). The Bertz CT molecular complexity index is 850. The number of nitrogens with zero attached hydrogens (tertiary/aromatic N) is 1. The highest BCUT2D eigenvalue weighted by Crippen LogP contribution is 2.42. The molecule has 0 bridgehead atoms. The highest BCUT2D eigenvalue weighted by atomic mass is 32.1. The van der Waals surface area contributed by atoms with Gasteiger partial charge in [0, 0.05) is 16.1 Å². The van der Waals surface area contributed by atoms with Gasteiger partial charge in [-0.15, -0.1) is 11.3 Å². The molecule has 0 atom stereocenters. The molecule has 1 amide bonds. The maximum atomic E-state index is 13.0. The number of carbonyl (C=O) groups is 1. The fourth-order valence-electron chi connectivity index (χ4n) is 2.73. The van der Waals surface area contributed by atoms with Gasteiger partial charge in [-0.05, 0) is 35.7 Å². The molecule has 1 aromatic heterocycles. The van der Waals surface area contributed by atoms with E-state index in [0.29, 0.717) is 0 Å². The summed E-state index contributed by atoms with van der Waals surface area (Å²) in [6.07, 6.45) is 1.98. The van der Waals surface area contributed by atoms with Crippen LogP contribution in [-0.2, 0) is 4.79 Å². The molecule has 3 aromatic rings. The van der Waals surface area contributed by atoms with Crippen LogP contribution >= 0.6 is 11.3 Å². The average molecular weight is 303 g/mol. The molecule has 0 aliphatic carbocycles. The molecule has 0 saturated heterocycles. The van der Waals surface area contributed by atoms with Crippen LogP contribution in [0.4, 0.5) is 11.4 Å². The molecule has 0 fully saturated rings. The predicted octanol–water partition coefficient (Wildman–Crippen LogP) is 4.97. The molecule has 106 valence electrons. The minimum absolute atomic E-state index is 0.0285. The van der Waals surface area contributed by atoms with Crippen molar-refractivity contribution in [1.82, 2.24) is 0 Å². The maximum Gasteiger partial charge on any atom is 0.263 e. The van der Waals surface area contributed by atoms with Crippen molar-refractivity contribution in [3.05, 3.63) is 82.6 Å². The number of anilines is 2. The lowest BCUT2D eigenvalue weighted by Gasteiger charge is -2.16. The Morgan fingerprint density at radius 3 is 2.41 bits per heavy atom. The lowest BCUT2D eigenvalue weighted by atomic mass is 10.1. The molecule has 0 unspecified atom stereocenters. The van der Waals surface area contributed by atoms with Gasteiger partial charge in [-0.2, -0.15) is 0 Å². The van der Waals surface area contributed by atoms with Crippen molar-refractivity contribution in [3.63, 3.8) is 0 Å². The Hall–Kier alpha value is -2.65. The van der Waals surface area contributed by atoms with E-state index in [2.05, 4.69) is 0 Å². The van der Waals surface area contributed by atoms with E-state index in [9.17, 15) is 4.79 Å². The van der Waals surface area contributed by atoms with Gasteiger partial charge in [0.15, 0.2) is 0 Å². The predicted molar refractivity (Wildman–Crippen MR) is 92.2 cm³/mol. The number of rotatable bonds is 2. The molecule has 0 spiro atoms. The number of fused-ring (bicyclic) bond motifs is 1. The number of hydrogen-bond donors (Lipinski definition) is 0. The first-order valence-electron chi connectivity index (χ1n) is 7.09. The van der Waals surface area contributed by atoms with Crippen LogP contribution in [0.1, 0.15) is 10.4 Å². The van der Waals surface area contributed by atoms with Gasteiger partial charge in [0.25, 0.3) is 5.91 Å². The van der Waals surface area contributed by atoms with E-state index in [1.54, 1.807) is 16.2 Å². The summed E-state index contributed by atoms with van der Waals surface area (Å²) in [7, 11) is 0. The van der Waals surface area contributed by atoms with Crippen molar-refractivity contribution >= 4 is 40.3 Å². The number of carbonyl (C=O) groups excluding carboxylic acids is 1. The lowest BCUT2D eigenvalue weighted by molar-refractivity contribution is -0.112. The van der Waals surface area contributed by atoms with Crippen LogP contribution in [0.25, 0.3) is 11.6 Å². The summed E-state index contributed by atoms with van der Waals surface area (Å²) in [5.41, 5.74) is 3.59. The van der Waals surface area contributed by atoms with Crippen LogP contribution in [0.3, 0.4) is 0 Å². The summed E-state index contributed by atoms with van der Waals surface area (Å²) in [6, 6.07) is 21.8. The van der Waals surface area contributed by atoms with E-state index in [1.807, 2.05) is 78.2 Å². The summed E-state index contributed by atoms with van der Waals surface area (Å²) in [5.74, 6) is 0.0285. The van der Waals surface area contributed by atoms with E-state index in [0.717, 1.165) is 27.4 Å². The van der Waals surface area contributed by atoms with Gasteiger partial charge < -0.3 is 0 Å². The van der Waals surface area contributed by atoms with Gasteiger partial charge in [-0.1, -0.05) is 42.5 Å². The van der Waals surface area contributed by atoms with Crippen molar-refractivity contribution < 1.29 is 4.79 Å². The second-order valence-corrected chi connectivity index (χ2v) is 6.05. The Balaban J connectivity index is 1.89. The van der Waals surface area contributed by atoms with Crippen molar-refractivity contribution in [2.75, 3.05) is 4.90 Å². The quantitative estimate of drug-likeness (QED) is 0.612. The molecule has 2 nitrogen and oxygen atoms in total. The number of thiophene rings is 1. The highest BCUT2D eigenvalue weighted by Gasteiger charge is 2.32. The third-order valence-electron chi connectivity index (χ3n) is 3.71. The molecule has 0 N–H and O–H groups in total. The Kier molecular flexibility index (Phi) is 3.13. The normalized spacial score (nSPS) is 15.4. The van der Waals surface area contributed by atoms with Gasteiger partial charge in [0.1, 0.15) is 0 Å². The van der Waals surface area contributed by atoms with Crippen LogP contribution in [0.5, 0.6) is 0 Å². The first-order chi connectivity index (χ1) is 10.8. The van der Waals surface area contributed by atoms with Crippen molar-refractivity contribution in [2.24, 2.45) is 0 Å². The van der Waals surface area contributed by atoms with Gasteiger partial charge in [0.05, 0.1) is 11.3 Å². The monoisotopic (exact) mass is 303 g/mol. The van der Waals surface area contributed by atoms with Gasteiger partial charge in [0.2, 0.25) is 0 Å². The molecule has 2 heterocycles. The zero-order valence-electron chi connectivity index (χ0n) is 11.8. The van der Waals surface area contributed by atoms with Crippen molar-refractivity contribution in [1.29, 1.82) is 0 Å². The fourth-order valence-corrected chi connectivity index (χ4v) is 3.39. The standard InChI is InChI=1S/C19H13NOS/c21-19-17(13-15-9-6-12-22-15)16-10-4-5-11-18(16)20(19)14-7-2-1-3-8-14/h1-13H/b17-13+. The first-order valence-corrected chi connectivity index (χ1v) is 7.97. The number of benzene rings is 2. The molecule has 2 aromatic carbocycles. The Labute approximate surface area is 133 Å². The molecule has 3 heteroatoms. The molecule has 0 radical (unpaired) electrons. The zero-order chi connectivity index (χ0) is 14.9. The lowest BCUT2D eigenvalue weighted by Crippen LogP contribution is -2.20. The summed E-state index contributed by atoms with van der Waals surface area (Å²) < 4.78 is 0. The van der Waals surface area contributed by atoms with E-state index in [4.69, 9.17) is 0 Å². The first kappa shape index (κ1) is 13.0. The Morgan fingerprint density at radius 2 is 1.64 bits per heavy atom. The summed E-state index contributed by atoms with van der Waals surface area (Å²) in [5, 5.41) is 2.02. The minimum atomic E-state index is 0.0285. The fraction of sp³-hybridized carbons (Fsp3) is 0. The SMILES string of the molecule is O=C1/C(=C/c2cccs2)c2ccccc2N1c1ccccc1. The van der Waals surface area contributed by atoms with Crippen LogP contribution in [0.15, 0.2) is 72.1 Å². The topological polar surface area (TPSA) is 20.3 Å². The third-order valence-corrected chi connectivity index (χ3v) is 4.53. The highest BCUT2D eigenvalue weighted by molar-refractivity contribution is 7.11. The average Bonchev–Trinajstić information content (AvgIpc) is 3.16. The van der Waals surface area contributed by atoms with Crippen LogP contribution in [0.2, 0.25) is 0 Å². The third kappa shape index (κ3) is 2.07. The largest absolute Gasteiger partial charge is 0.276 e. The number of hydrogen-bond acceptors (Lipinski definition) is 2. The Morgan fingerprint density at radius 1 is 0.864 bits per heavy atom. The maximum absolute atomic E-state index is 13.0. The second-order valence-electron chi connectivity index (χ2n) is 5.07. The molecule has 22 heavy (non-hydrogen) atoms. The molecule has 1 aliphatic heterocycles. The van der Waals surface area contributed by atoms with Crippen molar-refractivity contribution in [2.45, 2.75) is 0 Å². The summed E-state index contributed by atoms with van der Waals surface area (Å²) >= 11 is 1.64. The molecule has 0 saturated carbocycles. The molecular weight excluding hydrogens is 290 g/mol. The minimum Gasteiger partial charge on any atom is -0.276 e. The number of para-hydroxylation sites is 2. The van der Waals surface area contributed by atoms with E-state index in [1.165, 1.54) is 0 Å². The van der Waals surface area contributed by atoms with Gasteiger partial charge in [-0.3, -0.25) is 9.69 Å². The second kappa shape index (κ2) is 5.28. The van der Waals surface area contributed by atoms with Crippen molar-refractivity contribution in [3.8, 4) is 0 Å². The van der Waals surface area contributed by atoms with Crippen LogP contribution < -0.4 is 4.90 Å².